The van der Waals surface area contributed by atoms with Crippen LogP contribution < -0.4 is 10.6 Å². The summed E-state index contributed by atoms with van der Waals surface area (Å²) in [6.45, 7) is 2.51. The smallest absolute Gasteiger partial charge is 0.315 e. The number of hydrogen-bond donors (Lipinski definition) is 3. The molecule has 1 heterocycles. The molecule has 0 aliphatic heterocycles. The molecule has 1 aromatic heterocycles. The van der Waals surface area contributed by atoms with Crippen molar-refractivity contribution in [2.24, 2.45) is 0 Å². The Morgan fingerprint density at radius 1 is 1.30 bits per heavy atom. The van der Waals surface area contributed by atoms with Gasteiger partial charge in [-0.15, -0.1) is 11.3 Å². The molecule has 1 atom stereocenters. The van der Waals surface area contributed by atoms with E-state index in [9.17, 15) is 9.90 Å². The van der Waals surface area contributed by atoms with E-state index in [-0.39, 0.29) is 11.4 Å². The summed E-state index contributed by atoms with van der Waals surface area (Å²) in [5.74, 6) is 0. The minimum Gasteiger partial charge on any atom is -0.388 e. The molecule has 2 fully saturated rings. The van der Waals surface area contributed by atoms with Crippen LogP contribution in [-0.4, -0.2) is 23.7 Å². The van der Waals surface area contributed by atoms with Crippen LogP contribution in [0.5, 0.6) is 0 Å². The number of aliphatic hydroxyl groups excluding tert-OH is 1. The second-order valence-electron chi connectivity index (χ2n) is 7.17. The van der Waals surface area contributed by atoms with Crippen LogP contribution in [0.1, 0.15) is 74.1 Å². The van der Waals surface area contributed by atoms with Gasteiger partial charge in [0.1, 0.15) is 0 Å². The number of amides is 2. The predicted octanol–water partition coefficient (Wildman–Crippen LogP) is 3.86. The summed E-state index contributed by atoms with van der Waals surface area (Å²) in [7, 11) is 0. The maximum Gasteiger partial charge on any atom is 0.315 e. The van der Waals surface area contributed by atoms with Gasteiger partial charge in [0.05, 0.1) is 6.10 Å². The van der Waals surface area contributed by atoms with E-state index in [0.717, 1.165) is 30.6 Å². The lowest BCUT2D eigenvalue weighted by Gasteiger charge is -2.28. The van der Waals surface area contributed by atoms with Gasteiger partial charge in [-0.25, -0.2) is 4.79 Å². The Balaban J connectivity index is 1.62. The van der Waals surface area contributed by atoms with Gasteiger partial charge >= 0.3 is 6.03 Å². The van der Waals surface area contributed by atoms with Crippen molar-refractivity contribution in [1.29, 1.82) is 0 Å². The molecule has 2 aliphatic carbocycles. The maximum absolute atomic E-state index is 12.2. The summed E-state index contributed by atoms with van der Waals surface area (Å²) in [5, 5.41) is 16.0. The molecule has 3 N–H and O–H groups in total. The molecular weight excluding hydrogens is 308 g/mol. The first-order valence-corrected chi connectivity index (χ1v) is 9.73. The lowest BCUT2D eigenvalue weighted by atomic mass is 9.84. The topological polar surface area (TPSA) is 61.4 Å². The molecule has 0 bridgehead atoms. The van der Waals surface area contributed by atoms with Gasteiger partial charge in [-0.3, -0.25) is 0 Å². The van der Waals surface area contributed by atoms with E-state index >= 15 is 0 Å². The summed E-state index contributed by atoms with van der Waals surface area (Å²) in [6, 6.07) is 4.52. The van der Waals surface area contributed by atoms with Gasteiger partial charge in [-0.2, -0.15) is 0 Å². The molecule has 1 unspecified atom stereocenters. The number of urea groups is 1. The standard InChI is InChI=1S/C18H28N2O2S/c1-13(21)15-8-9-16(23-15)18(10-4-5-11-18)12-19-17(22)20-14-6-2-3-7-14/h8-9,13-14,21H,2-7,10-12H2,1H3,(H2,19,20,22). The average molecular weight is 337 g/mol. The Kier molecular flexibility index (Phi) is 5.27. The summed E-state index contributed by atoms with van der Waals surface area (Å²) in [5.41, 5.74) is 0.0603. The van der Waals surface area contributed by atoms with Crippen molar-refractivity contribution in [2.45, 2.75) is 75.9 Å². The number of hydrogen-bond acceptors (Lipinski definition) is 3. The zero-order chi connectivity index (χ0) is 16.3. The number of thiophene rings is 1. The monoisotopic (exact) mass is 336 g/mol. The van der Waals surface area contributed by atoms with Crippen LogP contribution in [0, 0.1) is 0 Å². The van der Waals surface area contributed by atoms with Gasteiger partial charge in [0, 0.05) is 27.8 Å². The van der Waals surface area contributed by atoms with Crippen molar-refractivity contribution in [2.75, 3.05) is 6.54 Å². The average Bonchev–Trinajstić information content (AvgIpc) is 3.26. The number of nitrogens with one attached hydrogen (secondary N) is 2. The molecule has 2 amide bonds. The first-order valence-electron chi connectivity index (χ1n) is 8.92. The number of carbonyl (C=O) groups is 1. The molecule has 0 aromatic carbocycles. The summed E-state index contributed by atoms with van der Waals surface area (Å²) in [6.07, 6.45) is 8.95. The Hall–Kier alpha value is -1.07. The second kappa shape index (κ2) is 7.22. The summed E-state index contributed by atoms with van der Waals surface area (Å²) >= 11 is 1.70. The quantitative estimate of drug-likeness (QED) is 0.765. The first kappa shape index (κ1) is 16.8. The SMILES string of the molecule is CC(O)c1ccc(C2(CNC(=O)NC3CCCC3)CCCC2)s1. The highest BCUT2D eigenvalue weighted by atomic mass is 32.1. The van der Waals surface area contributed by atoms with Gasteiger partial charge in [0.25, 0.3) is 0 Å². The van der Waals surface area contributed by atoms with E-state index < -0.39 is 6.10 Å². The van der Waals surface area contributed by atoms with Gasteiger partial charge in [-0.05, 0) is 44.7 Å². The summed E-state index contributed by atoms with van der Waals surface area (Å²) in [4.78, 5) is 14.5. The molecule has 2 saturated carbocycles. The van der Waals surface area contributed by atoms with Crippen LogP contribution in [-0.2, 0) is 5.41 Å². The van der Waals surface area contributed by atoms with Crippen LogP contribution in [0.15, 0.2) is 12.1 Å². The lowest BCUT2D eigenvalue weighted by molar-refractivity contribution is 0.203. The lowest BCUT2D eigenvalue weighted by Crippen LogP contribution is -2.46. The fourth-order valence-electron chi connectivity index (χ4n) is 3.98. The highest BCUT2D eigenvalue weighted by Gasteiger charge is 2.37. The van der Waals surface area contributed by atoms with E-state index in [1.165, 1.54) is 30.6 Å². The molecule has 2 aliphatic rings. The number of carbonyl (C=O) groups excluding carboxylic acids is 1. The van der Waals surface area contributed by atoms with Crippen LogP contribution in [0.4, 0.5) is 4.79 Å². The molecule has 0 saturated heterocycles. The fraction of sp³-hybridized carbons (Fsp3) is 0.722. The minimum atomic E-state index is -0.411. The molecule has 128 valence electrons. The zero-order valence-electron chi connectivity index (χ0n) is 13.9. The highest BCUT2D eigenvalue weighted by Crippen LogP contribution is 2.44. The van der Waals surface area contributed by atoms with Crippen LogP contribution in [0.2, 0.25) is 0 Å². The van der Waals surface area contributed by atoms with Gasteiger partial charge in [0.2, 0.25) is 0 Å². The highest BCUT2D eigenvalue weighted by molar-refractivity contribution is 7.12. The van der Waals surface area contributed by atoms with Crippen molar-refractivity contribution in [3.05, 3.63) is 21.9 Å². The Morgan fingerprint density at radius 3 is 2.61 bits per heavy atom. The van der Waals surface area contributed by atoms with Crippen molar-refractivity contribution < 1.29 is 9.90 Å². The molecule has 0 radical (unpaired) electrons. The van der Waals surface area contributed by atoms with E-state index in [0.29, 0.717) is 12.6 Å². The first-order chi connectivity index (χ1) is 11.1. The molecular formula is C18H28N2O2S. The Bertz CT molecular complexity index is 529. The molecule has 1 aromatic rings. The molecule has 3 rings (SSSR count). The Labute approximate surface area is 142 Å². The number of rotatable bonds is 5. The molecule has 5 heteroatoms. The second-order valence-corrected chi connectivity index (χ2v) is 8.29. The van der Waals surface area contributed by atoms with Crippen LogP contribution in [0.25, 0.3) is 0 Å². The van der Waals surface area contributed by atoms with Gasteiger partial charge < -0.3 is 15.7 Å². The fourth-order valence-corrected chi connectivity index (χ4v) is 5.17. The van der Waals surface area contributed by atoms with E-state index in [2.05, 4.69) is 16.7 Å². The largest absolute Gasteiger partial charge is 0.388 e. The van der Waals surface area contributed by atoms with Crippen LogP contribution in [0.3, 0.4) is 0 Å². The maximum atomic E-state index is 12.2. The zero-order valence-corrected chi connectivity index (χ0v) is 14.8. The van der Waals surface area contributed by atoms with Crippen molar-refractivity contribution in [1.82, 2.24) is 10.6 Å². The molecule has 23 heavy (non-hydrogen) atoms. The minimum absolute atomic E-state index is 0.0181. The van der Waals surface area contributed by atoms with Crippen LogP contribution >= 0.6 is 11.3 Å². The van der Waals surface area contributed by atoms with Gasteiger partial charge in [-0.1, -0.05) is 25.7 Å². The Morgan fingerprint density at radius 2 is 2.00 bits per heavy atom. The molecule has 0 spiro atoms. The van der Waals surface area contributed by atoms with Crippen molar-refractivity contribution >= 4 is 17.4 Å². The van der Waals surface area contributed by atoms with Gasteiger partial charge in [0.15, 0.2) is 0 Å². The van der Waals surface area contributed by atoms with Crippen molar-refractivity contribution in [3.8, 4) is 0 Å². The normalized spacial score (nSPS) is 22.2. The predicted molar refractivity (Wildman–Crippen MR) is 93.9 cm³/mol. The number of aliphatic hydroxyl groups is 1. The third-order valence-corrected chi connectivity index (χ3v) is 6.90. The third-order valence-electron chi connectivity index (χ3n) is 5.40. The van der Waals surface area contributed by atoms with Crippen molar-refractivity contribution in [3.63, 3.8) is 0 Å². The summed E-state index contributed by atoms with van der Waals surface area (Å²) < 4.78 is 0. The van der Waals surface area contributed by atoms with E-state index in [1.54, 1.807) is 11.3 Å². The molecule has 4 nitrogen and oxygen atoms in total. The van der Waals surface area contributed by atoms with E-state index in [4.69, 9.17) is 0 Å². The van der Waals surface area contributed by atoms with E-state index in [1.807, 2.05) is 13.0 Å². The third kappa shape index (κ3) is 3.89.